The maximum atomic E-state index is 13.6. The molecule has 0 saturated carbocycles. The number of aromatic amines is 1. The van der Waals surface area contributed by atoms with E-state index in [-0.39, 0.29) is 5.91 Å². The monoisotopic (exact) mass is 474 g/mol. The van der Waals surface area contributed by atoms with Crippen molar-refractivity contribution in [2.24, 2.45) is 0 Å². The number of H-pyrrole nitrogens is 1. The van der Waals surface area contributed by atoms with Crippen molar-refractivity contribution in [1.29, 1.82) is 0 Å². The predicted molar refractivity (Wildman–Crippen MR) is 124 cm³/mol. The van der Waals surface area contributed by atoms with Crippen LogP contribution >= 0.6 is 15.9 Å². The molecule has 6 nitrogen and oxygen atoms in total. The molecule has 154 valence electrons. The van der Waals surface area contributed by atoms with Crippen LogP contribution in [-0.2, 0) is 0 Å². The second kappa shape index (κ2) is 8.43. The maximum absolute atomic E-state index is 13.6. The largest absolute Gasteiger partial charge is 0.331 e. The standard InChI is InChI=1S/C24H20BrN5O/c25-18-4-5-21-19(15-18)20(16-22(28-21)17-6-9-26-10-7-17)24(31)30-13-11-29(12-14-30)23-3-1-2-8-27-23/h1-10,15-16H,11-14H2/p+1. The Morgan fingerprint density at radius 2 is 1.77 bits per heavy atom. The van der Waals surface area contributed by atoms with Crippen molar-refractivity contribution >= 4 is 38.6 Å². The van der Waals surface area contributed by atoms with Gasteiger partial charge in [-0.2, -0.15) is 0 Å². The molecular weight excluding hydrogens is 454 g/mol. The summed E-state index contributed by atoms with van der Waals surface area (Å²) in [6.07, 6.45) is 5.41. The van der Waals surface area contributed by atoms with Crippen molar-refractivity contribution in [2.45, 2.75) is 0 Å². The molecule has 1 amide bonds. The molecule has 0 atom stereocenters. The van der Waals surface area contributed by atoms with Crippen molar-refractivity contribution in [3.8, 4) is 11.3 Å². The Labute approximate surface area is 188 Å². The average molecular weight is 475 g/mol. The van der Waals surface area contributed by atoms with Crippen molar-refractivity contribution in [2.75, 3.05) is 31.1 Å². The summed E-state index contributed by atoms with van der Waals surface area (Å²) >= 11 is 3.54. The van der Waals surface area contributed by atoms with Crippen LogP contribution in [0.2, 0.25) is 0 Å². The van der Waals surface area contributed by atoms with Crippen LogP contribution < -0.4 is 9.88 Å². The van der Waals surface area contributed by atoms with E-state index in [2.05, 4.69) is 36.9 Å². The summed E-state index contributed by atoms with van der Waals surface area (Å²) < 4.78 is 0.928. The summed E-state index contributed by atoms with van der Waals surface area (Å²) in [4.78, 5) is 30.0. The number of pyridine rings is 3. The number of fused-ring (bicyclic) bond motifs is 1. The molecule has 31 heavy (non-hydrogen) atoms. The van der Waals surface area contributed by atoms with E-state index in [0.29, 0.717) is 18.7 Å². The van der Waals surface area contributed by atoms with Crippen molar-refractivity contribution in [3.05, 3.63) is 83.2 Å². The van der Waals surface area contributed by atoms with Crippen molar-refractivity contribution < 1.29 is 9.78 Å². The SMILES string of the molecule is O=C(c1cc(-c2ccncc2)nc2ccc(Br)cc12)N1CCN(c2cccc[nH+]2)CC1. The molecule has 3 aromatic heterocycles. The number of piperazine rings is 1. The summed E-state index contributed by atoms with van der Waals surface area (Å²) in [6.45, 7) is 2.92. The number of hydrogen-bond acceptors (Lipinski definition) is 4. The lowest BCUT2D eigenvalue weighted by Crippen LogP contribution is -2.50. The van der Waals surface area contributed by atoms with Gasteiger partial charge in [-0.3, -0.25) is 14.7 Å². The van der Waals surface area contributed by atoms with E-state index >= 15 is 0 Å². The minimum Gasteiger partial charge on any atom is -0.331 e. The molecule has 0 radical (unpaired) electrons. The van der Waals surface area contributed by atoms with Gasteiger partial charge >= 0.3 is 0 Å². The summed E-state index contributed by atoms with van der Waals surface area (Å²) in [5.74, 6) is 1.12. The lowest BCUT2D eigenvalue weighted by Gasteiger charge is -2.31. The molecule has 0 bridgehead atoms. The molecule has 4 aromatic rings. The summed E-state index contributed by atoms with van der Waals surface area (Å²) in [6, 6.07) is 17.7. The Morgan fingerprint density at radius 3 is 2.52 bits per heavy atom. The number of benzene rings is 1. The van der Waals surface area contributed by atoms with E-state index in [1.165, 1.54) is 0 Å². The highest BCUT2D eigenvalue weighted by Crippen LogP contribution is 2.28. The molecule has 1 fully saturated rings. The van der Waals surface area contributed by atoms with E-state index < -0.39 is 0 Å². The number of carbonyl (C=O) groups is 1. The average Bonchev–Trinajstić information content (AvgIpc) is 2.84. The smallest absolute Gasteiger partial charge is 0.274 e. The van der Waals surface area contributed by atoms with Crippen LogP contribution in [0.25, 0.3) is 22.2 Å². The van der Waals surface area contributed by atoms with Gasteiger partial charge in [-0.05, 0) is 42.5 Å². The number of carbonyl (C=O) groups excluding carboxylic acids is 1. The highest BCUT2D eigenvalue weighted by molar-refractivity contribution is 9.10. The first-order chi connectivity index (χ1) is 15.2. The second-order valence-corrected chi connectivity index (χ2v) is 8.40. The van der Waals surface area contributed by atoms with E-state index in [1.54, 1.807) is 12.4 Å². The quantitative estimate of drug-likeness (QED) is 0.452. The number of nitrogens with zero attached hydrogens (tertiary/aromatic N) is 4. The Bertz CT molecular complexity index is 1220. The highest BCUT2D eigenvalue weighted by Gasteiger charge is 2.28. The van der Waals surface area contributed by atoms with Gasteiger partial charge in [0.15, 0.2) is 0 Å². The van der Waals surface area contributed by atoms with Gasteiger partial charge in [0.05, 0.1) is 36.1 Å². The van der Waals surface area contributed by atoms with Gasteiger partial charge in [0, 0.05) is 33.9 Å². The third-order valence-electron chi connectivity index (χ3n) is 5.58. The highest BCUT2D eigenvalue weighted by atomic mass is 79.9. The number of amides is 1. The molecule has 1 N–H and O–H groups in total. The van der Waals surface area contributed by atoms with Gasteiger partial charge in [-0.1, -0.05) is 22.0 Å². The number of anilines is 1. The number of nitrogens with one attached hydrogen (secondary N) is 1. The maximum Gasteiger partial charge on any atom is 0.274 e. The third-order valence-corrected chi connectivity index (χ3v) is 6.07. The van der Waals surface area contributed by atoms with Crippen LogP contribution in [0.1, 0.15) is 10.4 Å². The summed E-state index contributed by atoms with van der Waals surface area (Å²) in [7, 11) is 0. The summed E-state index contributed by atoms with van der Waals surface area (Å²) in [5.41, 5.74) is 3.20. The Morgan fingerprint density at radius 1 is 0.968 bits per heavy atom. The molecule has 4 heterocycles. The fourth-order valence-corrected chi connectivity index (χ4v) is 4.31. The molecule has 1 aliphatic heterocycles. The van der Waals surface area contributed by atoms with Gasteiger partial charge in [0.2, 0.25) is 0 Å². The van der Waals surface area contributed by atoms with Crippen LogP contribution in [0.3, 0.4) is 0 Å². The van der Waals surface area contributed by atoms with Crippen LogP contribution in [0.15, 0.2) is 77.7 Å². The lowest BCUT2D eigenvalue weighted by molar-refractivity contribution is -0.364. The fraction of sp³-hybridized carbons (Fsp3) is 0.167. The molecule has 0 spiro atoms. The topological polar surface area (TPSA) is 63.5 Å². The van der Waals surface area contributed by atoms with Gasteiger partial charge in [-0.15, -0.1) is 0 Å². The van der Waals surface area contributed by atoms with Gasteiger partial charge in [-0.25, -0.2) is 9.97 Å². The van der Waals surface area contributed by atoms with Gasteiger partial charge < -0.3 is 4.90 Å². The second-order valence-electron chi connectivity index (χ2n) is 7.48. The molecule has 1 aliphatic rings. The molecular formula is C24H21BrN5O+. The molecule has 0 unspecified atom stereocenters. The number of halogens is 1. The Balaban J connectivity index is 1.47. The molecule has 1 aromatic carbocycles. The first kappa shape index (κ1) is 19.6. The Kier molecular flexibility index (Phi) is 5.34. The van der Waals surface area contributed by atoms with E-state index in [4.69, 9.17) is 4.98 Å². The van der Waals surface area contributed by atoms with Gasteiger partial charge in [0.1, 0.15) is 13.1 Å². The molecule has 1 saturated heterocycles. The molecule has 5 rings (SSSR count). The predicted octanol–water partition coefficient (Wildman–Crippen LogP) is 3.84. The zero-order valence-electron chi connectivity index (χ0n) is 16.8. The molecule has 0 aliphatic carbocycles. The lowest BCUT2D eigenvalue weighted by atomic mass is 10.0. The van der Waals surface area contributed by atoms with Crippen LogP contribution in [0, 0.1) is 0 Å². The number of rotatable bonds is 3. The molecule has 7 heteroatoms. The number of aromatic nitrogens is 3. The van der Waals surface area contributed by atoms with Crippen LogP contribution in [0.4, 0.5) is 5.82 Å². The van der Waals surface area contributed by atoms with Gasteiger partial charge in [0.25, 0.3) is 11.7 Å². The number of hydrogen-bond donors (Lipinski definition) is 0. The van der Waals surface area contributed by atoms with Crippen molar-refractivity contribution in [1.82, 2.24) is 14.9 Å². The summed E-state index contributed by atoms with van der Waals surface area (Å²) in [5, 5.41) is 0.857. The first-order valence-electron chi connectivity index (χ1n) is 10.2. The van der Waals surface area contributed by atoms with Crippen LogP contribution in [0.5, 0.6) is 0 Å². The Hall–Kier alpha value is -3.32. The van der Waals surface area contributed by atoms with Crippen LogP contribution in [-0.4, -0.2) is 47.0 Å². The third kappa shape index (κ3) is 4.01. The first-order valence-corrected chi connectivity index (χ1v) is 11.0. The van der Waals surface area contributed by atoms with E-state index in [0.717, 1.165) is 45.5 Å². The minimum absolute atomic E-state index is 0.0393. The normalized spacial score (nSPS) is 14.1. The zero-order chi connectivity index (χ0) is 21.2. The minimum atomic E-state index is 0.0393. The fourth-order valence-electron chi connectivity index (χ4n) is 3.95. The van der Waals surface area contributed by atoms with Crippen molar-refractivity contribution in [3.63, 3.8) is 0 Å². The van der Waals surface area contributed by atoms with E-state index in [9.17, 15) is 4.79 Å². The van der Waals surface area contributed by atoms with E-state index in [1.807, 2.05) is 59.6 Å². The zero-order valence-corrected chi connectivity index (χ0v) is 18.4.